The molecule has 3 aromatic rings. The van der Waals surface area contributed by atoms with E-state index < -0.39 is 48.9 Å². The van der Waals surface area contributed by atoms with E-state index in [0.29, 0.717) is 16.3 Å². The Hall–Kier alpha value is -3.61. The van der Waals surface area contributed by atoms with Crippen LogP contribution in [0.3, 0.4) is 0 Å². The molecule has 0 radical (unpaired) electrons. The number of ether oxygens (including phenoxy) is 1. The van der Waals surface area contributed by atoms with E-state index in [1.54, 1.807) is 19.1 Å². The molecule has 0 fully saturated rings. The molecule has 0 aromatic heterocycles. The summed E-state index contributed by atoms with van der Waals surface area (Å²) in [6.07, 6.45) is -7.64. The van der Waals surface area contributed by atoms with Gasteiger partial charge in [0.25, 0.3) is 18.2 Å². The molecule has 3 rings (SSSR count). The Morgan fingerprint density at radius 2 is 1.59 bits per heavy atom. The standard InChI is InChI=1S/C29H25Cl3F5N3O4/c1-14-4-6-16(30)10-20(14)40-25(41)18-11-17(7-9-21(18)44-13-22(33)34)39-26(42)23-19(31)8-5-15(24(23)32)12-38-27(43)28(2,3)29(35,36)37/h4-11,22H,12-13H2,1-3H3,(H,38,43)(H,39,42)(H,40,41). The van der Waals surface area contributed by atoms with Crippen LogP contribution in [0.5, 0.6) is 5.75 Å². The molecule has 0 spiro atoms. The second-order valence-corrected chi connectivity index (χ2v) is 11.2. The Balaban J connectivity index is 1.88. The van der Waals surface area contributed by atoms with Crippen LogP contribution in [0.2, 0.25) is 15.1 Å². The smallest absolute Gasteiger partial charge is 0.402 e. The molecule has 0 saturated carbocycles. The zero-order chi connectivity index (χ0) is 33.0. The third-order valence-corrected chi connectivity index (χ3v) is 7.39. The molecule has 44 heavy (non-hydrogen) atoms. The SMILES string of the molecule is Cc1ccc(Cl)cc1NC(=O)c1cc(NC(=O)c2c(Cl)ccc(CNC(=O)C(C)(C)C(F)(F)F)c2Cl)ccc1OCC(F)F. The lowest BCUT2D eigenvalue weighted by atomic mass is 9.91. The fraction of sp³-hybridized carbons (Fsp3) is 0.276. The lowest BCUT2D eigenvalue weighted by Gasteiger charge is -2.26. The lowest BCUT2D eigenvalue weighted by molar-refractivity contribution is -0.211. The highest BCUT2D eigenvalue weighted by Gasteiger charge is 2.52. The first kappa shape index (κ1) is 34.9. The second kappa shape index (κ2) is 14.0. The zero-order valence-electron chi connectivity index (χ0n) is 23.3. The average molecular weight is 681 g/mol. The first-order chi connectivity index (χ1) is 20.4. The van der Waals surface area contributed by atoms with Gasteiger partial charge < -0.3 is 20.7 Å². The highest BCUT2D eigenvalue weighted by molar-refractivity contribution is 6.41. The van der Waals surface area contributed by atoms with Crippen molar-refractivity contribution in [3.8, 4) is 5.75 Å². The van der Waals surface area contributed by atoms with Gasteiger partial charge in [0.15, 0.2) is 0 Å². The van der Waals surface area contributed by atoms with E-state index >= 15 is 0 Å². The minimum absolute atomic E-state index is 0.0186. The van der Waals surface area contributed by atoms with Crippen molar-refractivity contribution in [1.29, 1.82) is 0 Å². The van der Waals surface area contributed by atoms with Crippen molar-refractivity contribution in [3.05, 3.63) is 85.9 Å². The Morgan fingerprint density at radius 3 is 2.23 bits per heavy atom. The molecule has 0 atom stereocenters. The van der Waals surface area contributed by atoms with Crippen molar-refractivity contribution in [3.63, 3.8) is 0 Å². The monoisotopic (exact) mass is 679 g/mol. The summed E-state index contributed by atoms with van der Waals surface area (Å²) in [5, 5.41) is 7.25. The van der Waals surface area contributed by atoms with Gasteiger partial charge in [-0.25, -0.2) is 8.78 Å². The molecule has 0 aliphatic carbocycles. The third kappa shape index (κ3) is 8.30. The van der Waals surface area contributed by atoms with Gasteiger partial charge in [-0.1, -0.05) is 46.9 Å². The number of carbonyl (C=O) groups is 3. The van der Waals surface area contributed by atoms with E-state index in [0.717, 1.165) is 13.8 Å². The van der Waals surface area contributed by atoms with Crippen molar-refractivity contribution in [1.82, 2.24) is 5.32 Å². The molecule has 0 aliphatic rings. The number of rotatable bonds is 10. The molecule has 0 saturated heterocycles. The van der Waals surface area contributed by atoms with E-state index in [1.165, 1.54) is 36.4 Å². The van der Waals surface area contributed by atoms with Crippen LogP contribution in [-0.4, -0.2) is 36.9 Å². The van der Waals surface area contributed by atoms with Gasteiger partial charge in [0.05, 0.1) is 21.2 Å². The van der Waals surface area contributed by atoms with Crippen LogP contribution in [0, 0.1) is 12.3 Å². The Morgan fingerprint density at radius 1 is 0.909 bits per heavy atom. The number of anilines is 2. The molecule has 7 nitrogen and oxygen atoms in total. The molecule has 0 heterocycles. The fourth-order valence-electron chi connectivity index (χ4n) is 3.64. The molecule has 15 heteroatoms. The van der Waals surface area contributed by atoms with E-state index in [2.05, 4.69) is 16.0 Å². The van der Waals surface area contributed by atoms with Gasteiger partial charge in [-0.2, -0.15) is 13.2 Å². The van der Waals surface area contributed by atoms with Crippen LogP contribution in [0.1, 0.15) is 45.7 Å². The minimum Gasteiger partial charge on any atom is -0.487 e. The van der Waals surface area contributed by atoms with Gasteiger partial charge in [0.1, 0.15) is 17.8 Å². The van der Waals surface area contributed by atoms with Gasteiger partial charge in [-0.15, -0.1) is 0 Å². The number of hydrogen-bond donors (Lipinski definition) is 3. The Bertz CT molecular complexity index is 1580. The molecule has 3 amide bonds. The largest absolute Gasteiger partial charge is 0.487 e. The van der Waals surface area contributed by atoms with E-state index in [9.17, 15) is 36.3 Å². The summed E-state index contributed by atoms with van der Waals surface area (Å²) in [7, 11) is 0. The summed E-state index contributed by atoms with van der Waals surface area (Å²) in [4.78, 5) is 38.6. The number of aryl methyl sites for hydroxylation is 1. The minimum atomic E-state index is -4.81. The van der Waals surface area contributed by atoms with Crippen LogP contribution in [0.15, 0.2) is 48.5 Å². The summed E-state index contributed by atoms with van der Waals surface area (Å²) in [5.74, 6) is -3.14. The topological polar surface area (TPSA) is 96.5 Å². The molecule has 3 N–H and O–H groups in total. The molecule has 0 aliphatic heterocycles. The first-order valence-corrected chi connectivity index (χ1v) is 13.8. The maximum atomic E-state index is 13.2. The maximum Gasteiger partial charge on any atom is 0.402 e. The highest BCUT2D eigenvalue weighted by Crippen LogP contribution is 2.38. The summed E-state index contributed by atoms with van der Waals surface area (Å²) in [6, 6.07) is 11.0. The Kier molecular flexibility index (Phi) is 11.1. The number of amides is 3. The second-order valence-electron chi connectivity index (χ2n) is 9.98. The van der Waals surface area contributed by atoms with Crippen LogP contribution in [-0.2, 0) is 11.3 Å². The van der Waals surface area contributed by atoms with E-state index in [1.807, 2.05) is 0 Å². The van der Waals surface area contributed by atoms with Crippen molar-refractivity contribution in [2.75, 3.05) is 17.2 Å². The van der Waals surface area contributed by atoms with Gasteiger partial charge in [0.2, 0.25) is 5.91 Å². The van der Waals surface area contributed by atoms with E-state index in [4.69, 9.17) is 39.5 Å². The number of halogens is 8. The van der Waals surface area contributed by atoms with Crippen LogP contribution in [0.4, 0.5) is 33.3 Å². The number of benzene rings is 3. The Labute approximate surface area is 264 Å². The normalized spacial score (nSPS) is 11.7. The summed E-state index contributed by atoms with van der Waals surface area (Å²) >= 11 is 18.6. The summed E-state index contributed by atoms with van der Waals surface area (Å²) in [6.45, 7) is 1.70. The van der Waals surface area contributed by atoms with Gasteiger partial charge in [-0.3, -0.25) is 14.4 Å². The molecule has 3 aromatic carbocycles. The third-order valence-electron chi connectivity index (χ3n) is 6.41. The molecular weight excluding hydrogens is 656 g/mol. The number of carbonyl (C=O) groups excluding carboxylic acids is 3. The van der Waals surface area contributed by atoms with Crippen molar-refractivity contribution < 1.29 is 41.1 Å². The van der Waals surface area contributed by atoms with Gasteiger partial charge >= 0.3 is 6.18 Å². The molecule has 0 unspecified atom stereocenters. The van der Waals surface area contributed by atoms with Crippen molar-refractivity contribution >= 4 is 63.9 Å². The van der Waals surface area contributed by atoms with Crippen LogP contribution in [0.25, 0.3) is 0 Å². The predicted molar refractivity (Wildman–Crippen MR) is 158 cm³/mol. The summed E-state index contributed by atoms with van der Waals surface area (Å²) in [5.41, 5.74) is -2.04. The summed E-state index contributed by atoms with van der Waals surface area (Å²) < 4.78 is 70.5. The quantitative estimate of drug-likeness (QED) is 0.188. The van der Waals surface area contributed by atoms with Crippen LogP contribution >= 0.6 is 34.8 Å². The molecule has 236 valence electrons. The first-order valence-electron chi connectivity index (χ1n) is 12.7. The van der Waals surface area contributed by atoms with Crippen molar-refractivity contribution in [2.24, 2.45) is 5.41 Å². The maximum absolute atomic E-state index is 13.2. The number of nitrogens with one attached hydrogen (secondary N) is 3. The van der Waals surface area contributed by atoms with Gasteiger partial charge in [-0.05, 0) is 68.3 Å². The fourth-order valence-corrected chi connectivity index (χ4v) is 4.42. The highest BCUT2D eigenvalue weighted by atomic mass is 35.5. The molecular formula is C29H25Cl3F5N3O4. The number of hydrogen-bond acceptors (Lipinski definition) is 4. The average Bonchev–Trinajstić information content (AvgIpc) is 2.92. The molecule has 0 bridgehead atoms. The van der Waals surface area contributed by atoms with Crippen molar-refractivity contribution in [2.45, 2.75) is 39.9 Å². The van der Waals surface area contributed by atoms with E-state index in [-0.39, 0.29) is 38.2 Å². The zero-order valence-corrected chi connectivity index (χ0v) is 25.5. The number of alkyl halides is 5. The van der Waals surface area contributed by atoms with Crippen LogP contribution < -0.4 is 20.7 Å². The van der Waals surface area contributed by atoms with Gasteiger partial charge in [0, 0.05) is 22.9 Å². The lowest BCUT2D eigenvalue weighted by Crippen LogP contribution is -2.46. The predicted octanol–water partition coefficient (Wildman–Crippen LogP) is 8.31.